The fourth-order valence-electron chi connectivity index (χ4n) is 6.23. The molecule has 0 aromatic rings. The largest absolute Gasteiger partial charge is 0.379 e. The van der Waals surface area contributed by atoms with Crippen LogP contribution < -0.4 is 5.32 Å². The number of carbonyl (C=O) groups is 1. The Kier molecular flexibility index (Phi) is 3.58. The number of fused-ring (bicyclic) bond motifs is 1. The van der Waals surface area contributed by atoms with Crippen LogP contribution in [-0.4, -0.2) is 68.2 Å². The quantitative estimate of drug-likeness (QED) is 0.828. The van der Waals surface area contributed by atoms with Crippen LogP contribution >= 0.6 is 0 Å². The summed E-state index contributed by atoms with van der Waals surface area (Å²) in [6, 6.07) is 0.602. The number of nitrogens with one attached hydrogen (secondary N) is 1. The van der Waals surface area contributed by atoms with Crippen molar-refractivity contribution in [2.45, 2.75) is 55.9 Å². The van der Waals surface area contributed by atoms with Crippen molar-refractivity contribution in [1.29, 1.82) is 0 Å². The third kappa shape index (κ3) is 2.22. The first-order valence-corrected chi connectivity index (χ1v) is 9.51. The van der Waals surface area contributed by atoms with Gasteiger partial charge in [-0.2, -0.15) is 0 Å². The maximum atomic E-state index is 13.0. The van der Waals surface area contributed by atoms with Crippen molar-refractivity contribution in [3.63, 3.8) is 0 Å². The van der Waals surface area contributed by atoms with Gasteiger partial charge in [0.05, 0.1) is 24.4 Å². The summed E-state index contributed by atoms with van der Waals surface area (Å²) < 4.78 is 17.3. The predicted octanol–water partition coefficient (Wildman–Crippen LogP) is 1.39. The van der Waals surface area contributed by atoms with Crippen molar-refractivity contribution < 1.29 is 19.0 Å². The average Bonchev–Trinajstić information content (AvgIpc) is 3.28. The molecule has 2 bridgehead atoms. The van der Waals surface area contributed by atoms with Crippen LogP contribution in [-0.2, 0) is 14.2 Å². The van der Waals surface area contributed by atoms with E-state index in [1.165, 1.54) is 12.8 Å². The number of amides is 2. The molecule has 0 aromatic heterocycles. The minimum atomic E-state index is -0.159. The molecule has 2 aliphatic carbocycles. The van der Waals surface area contributed by atoms with Gasteiger partial charge in [0, 0.05) is 39.3 Å². The lowest BCUT2D eigenvalue weighted by Crippen LogP contribution is -2.54. The molecule has 5 fully saturated rings. The highest BCUT2D eigenvalue weighted by molar-refractivity contribution is 5.75. The van der Waals surface area contributed by atoms with Gasteiger partial charge in [0.15, 0.2) is 0 Å². The van der Waals surface area contributed by atoms with Gasteiger partial charge >= 0.3 is 6.03 Å². The molecule has 3 aliphatic heterocycles. The Hall–Kier alpha value is -0.850. The van der Waals surface area contributed by atoms with Gasteiger partial charge in [-0.25, -0.2) is 4.79 Å². The number of hydrogen-bond acceptors (Lipinski definition) is 4. The molecule has 3 heterocycles. The summed E-state index contributed by atoms with van der Waals surface area (Å²) >= 11 is 0. The van der Waals surface area contributed by atoms with Gasteiger partial charge in [0.25, 0.3) is 0 Å². The van der Waals surface area contributed by atoms with Crippen molar-refractivity contribution in [3.05, 3.63) is 0 Å². The van der Waals surface area contributed by atoms with Gasteiger partial charge in [-0.3, -0.25) is 0 Å². The molecule has 134 valence electrons. The van der Waals surface area contributed by atoms with Crippen LogP contribution in [0.3, 0.4) is 0 Å². The summed E-state index contributed by atoms with van der Waals surface area (Å²) in [5.41, 5.74) is -0.159. The second-order valence-corrected chi connectivity index (χ2v) is 8.47. The van der Waals surface area contributed by atoms with Crippen LogP contribution in [0.15, 0.2) is 0 Å². The van der Waals surface area contributed by atoms with Gasteiger partial charge in [0.1, 0.15) is 0 Å². The van der Waals surface area contributed by atoms with Gasteiger partial charge in [-0.05, 0) is 43.4 Å². The molecule has 7 atom stereocenters. The van der Waals surface area contributed by atoms with Crippen molar-refractivity contribution in [2.24, 2.45) is 17.8 Å². The highest BCUT2D eigenvalue weighted by Gasteiger charge is 2.60. The molecule has 1 spiro atoms. The molecule has 5 aliphatic rings. The number of carbonyl (C=O) groups excluding carboxylic acids is 1. The number of urea groups is 1. The zero-order valence-corrected chi connectivity index (χ0v) is 14.4. The topological polar surface area (TPSA) is 60.0 Å². The third-order valence-electron chi connectivity index (χ3n) is 7.24. The van der Waals surface area contributed by atoms with Crippen molar-refractivity contribution in [3.8, 4) is 0 Å². The summed E-state index contributed by atoms with van der Waals surface area (Å²) in [5, 5.41) is 3.30. The van der Waals surface area contributed by atoms with E-state index in [2.05, 4.69) is 10.2 Å². The van der Waals surface area contributed by atoms with Gasteiger partial charge < -0.3 is 24.4 Å². The van der Waals surface area contributed by atoms with E-state index in [1.54, 1.807) is 7.11 Å². The van der Waals surface area contributed by atoms with E-state index in [0.717, 1.165) is 32.4 Å². The molecule has 6 heteroatoms. The lowest BCUT2D eigenvalue weighted by Gasteiger charge is -2.38. The molecule has 2 saturated carbocycles. The molecular weight excluding hydrogens is 308 g/mol. The van der Waals surface area contributed by atoms with Crippen LogP contribution in [0.5, 0.6) is 0 Å². The molecular formula is C18H28N2O4. The molecule has 2 amide bonds. The second-order valence-electron chi connectivity index (χ2n) is 8.47. The van der Waals surface area contributed by atoms with Gasteiger partial charge in [0.2, 0.25) is 0 Å². The van der Waals surface area contributed by atoms with Crippen molar-refractivity contribution >= 4 is 6.03 Å². The summed E-state index contributed by atoms with van der Waals surface area (Å²) in [7, 11) is 1.80. The van der Waals surface area contributed by atoms with E-state index < -0.39 is 0 Å². The minimum Gasteiger partial charge on any atom is -0.379 e. The molecule has 24 heavy (non-hydrogen) atoms. The fraction of sp³-hybridized carbons (Fsp3) is 0.944. The van der Waals surface area contributed by atoms with Crippen LogP contribution in [0.2, 0.25) is 0 Å². The Morgan fingerprint density at radius 2 is 2.21 bits per heavy atom. The van der Waals surface area contributed by atoms with E-state index in [4.69, 9.17) is 14.2 Å². The first kappa shape index (κ1) is 15.4. The third-order valence-corrected chi connectivity index (χ3v) is 7.24. The molecule has 5 rings (SSSR count). The van der Waals surface area contributed by atoms with Gasteiger partial charge in [-0.15, -0.1) is 0 Å². The monoisotopic (exact) mass is 336 g/mol. The second kappa shape index (κ2) is 5.58. The van der Waals surface area contributed by atoms with Crippen LogP contribution in [0.25, 0.3) is 0 Å². The average molecular weight is 336 g/mol. The fourth-order valence-corrected chi connectivity index (χ4v) is 6.23. The SMILES string of the molecule is COC1C2CC3CN(C(=O)NC4CCOC5(CCOC5)C4)C1C3C2. The maximum Gasteiger partial charge on any atom is 0.317 e. The first-order valence-electron chi connectivity index (χ1n) is 9.51. The van der Waals surface area contributed by atoms with Crippen LogP contribution in [0.1, 0.15) is 32.1 Å². The number of nitrogens with zero attached hydrogens (tertiary/aromatic N) is 1. The Morgan fingerprint density at radius 3 is 3.00 bits per heavy atom. The molecule has 0 radical (unpaired) electrons. The van der Waals surface area contributed by atoms with E-state index in [-0.39, 0.29) is 23.8 Å². The van der Waals surface area contributed by atoms with E-state index in [9.17, 15) is 4.79 Å². The van der Waals surface area contributed by atoms with Gasteiger partial charge in [-0.1, -0.05) is 0 Å². The first-order chi connectivity index (χ1) is 11.7. The highest BCUT2D eigenvalue weighted by atomic mass is 16.6. The minimum absolute atomic E-state index is 0.109. The Bertz CT molecular complexity index is 519. The Balaban J connectivity index is 1.26. The standard InChI is InChI=1S/C18H28N2O4/c1-22-16-11-6-12-9-20(15(16)14(12)7-11)17(21)19-13-2-4-24-18(8-13)3-5-23-10-18/h11-16H,2-10H2,1H3,(H,19,21). The van der Waals surface area contributed by atoms with Crippen molar-refractivity contribution in [2.75, 3.05) is 33.5 Å². The van der Waals surface area contributed by atoms with Crippen LogP contribution in [0.4, 0.5) is 4.79 Å². The zero-order valence-electron chi connectivity index (χ0n) is 14.4. The lowest BCUT2D eigenvalue weighted by atomic mass is 9.88. The summed E-state index contributed by atoms with van der Waals surface area (Å²) in [4.78, 5) is 15.1. The van der Waals surface area contributed by atoms with Crippen molar-refractivity contribution in [1.82, 2.24) is 10.2 Å². The summed E-state index contributed by atoms with van der Waals surface area (Å²) in [6.07, 6.45) is 5.44. The highest BCUT2D eigenvalue weighted by Crippen LogP contribution is 2.55. The molecule has 0 aromatic carbocycles. The Labute approximate surface area is 143 Å². The number of rotatable bonds is 2. The van der Waals surface area contributed by atoms with E-state index in [0.29, 0.717) is 37.0 Å². The molecule has 6 nitrogen and oxygen atoms in total. The lowest BCUT2D eigenvalue weighted by molar-refractivity contribution is -0.0883. The molecule has 1 N–H and O–H groups in total. The smallest absolute Gasteiger partial charge is 0.317 e. The summed E-state index contributed by atoms with van der Waals surface area (Å²) in [5.74, 6) is 2.02. The maximum absolute atomic E-state index is 13.0. The Morgan fingerprint density at radius 1 is 1.29 bits per heavy atom. The van der Waals surface area contributed by atoms with E-state index in [1.807, 2.05) is 0 Å². The normalized spacial score (nSPS) is 49.3. The predicted molar refractivity (Wildman–Crippen MR) is 86.7 cm³/mol. The number of methoxy groups -OCH3 is 1. The number of ether oxygens (including phenoxy) is 3. The molecule has 3 saturated heterocycles. The zero-order chi connectivity index (χ0) is 16.3. The van der Waals surface area contributed by atoms with Crippen LogP contribution in [0, 0.1) is 17.8 Å². The molecule has 7 unspecified atom stereocenters. The number of likely N-dealkylation sites (tertiary alicyclic amines) is 1. The van der Waals surface area contributed by atoms with E-state index >= 15 is 0 Å². The summed E-state index contributed by atoms with van der Waals surface area (Å²) in [6.45, 7) is 3.07. The number of hydrogen-bond donors (Lipinski definition) is 1.